The molecule has 2 N–H and O–H groups in total. The zero-order valence-corrected chi connectivity index (χ0v) is 28.2. The Bertz CT molecular complexity index is 2080. The van der Waals surface area contributed by atoms with E-state index in [1.807, 2.05) is 49.5 Å². The Kier molecular flexibility index (Phi) is 8.49. The second-order valence-corrected chi connectivity index (χ2v) is 13.0. The molecule has 48 heavy (non-hydrogen) atoms. The number of nitrogens with zero attached hydrogens (tertiary/aromatic N) is 3. The lowest BCUT2D eigenvalue weighted by Crippen LogP contribution is -2.48. The number of hydrogen-bond acceptors (Lipinski definition) is 6. The summed E-state index contributed by atoms with van der Waals surface area (Å²) in [6.45, 7) is 4.68. The van der Waals surface area contributed by atoms with Crippen molar-refractivity contribution in [2.45, 2.75) is 12.8 Å². The van der Waals surface area contributed by atoms with E-state index in [9.17, 15) is 19.2 Å². The van der Waals surface area contributed by atoms with Gasteiger partial charge in [-0.2, -0.15) is 0 Å². The molecular weight excluding hydrogens is 674 g/mol. The number of H-pyrrole nitrogens is 1. The summed E-state index contributed by atoms with van der Waals surface area (Å²) in [7, 11) is 2.03. The maximum absolute atomic E-state index is 14.2. The van der Waals surface area contributed by atoms with Crippen LogP contribution in [0.3, 0.4) is 0 Å². The number of fused-ring (bicyclic) bond motifs is 4. The van der Waals surface area contributed by atoms with Gasteiger partial charge >= 0.3 is 6.09 Å². The van der Waals surface area contributed by atoms with E-state index in [1.165, 1.54) is 6.92 Å². The number of aromatic nitrogens is 1. The Morgan fingerprint density at radius 3 is 2.31 bits per heavy atom. The third-order valence-corrected chi connectivity index (χ3v) is 9.96. The Balaban J connectivity index is 1.17. The third kappa shape index (κ3) is 5.95. The minimum absolute atomic E-state index is 0.0342. The van der Waals surface area contributed by atoms with Gasteiger partial charge in [-0.05, 0) is 61.3 Å². The molecule has 0 spiro atoms. The van der Waals surface area contributed by atoms with Gasteiger partial charge in [0.05, 0.1) is 5.69 Å². The van der Waals surface area contributed by atoms with Crippen LogP contribution in [0.4, 0.5) is 16.2 Å². The van der Waals surface area contributed by atoms with E-state index in [1.54, 1.807) is 46.2 Å². The monoisotopic (exact) mass is 707 g/mol. The average molecular weight is 709 g/mol. The first-order valence-corrected chi connectivity index (χ1v) is 17.0. The zero-order valence-electron chi connectivity index (χ0n) is 26.6. The number of alkyl halides is 1. The molecule has 1 atom stereocenters. The topological polar surface area (TPSA) is 115 Å². The minimum atomic E-state index is -0.396. The molecule has 0 aliphatic carbocycles. The van der Waals surface area contributed by atoms with Crippen LogP contribution >= 0.6 is 15.9 Å². The van der Waals surface area contributed by atoms with Crippen LogP contribution < -0.4 is 15.0 Å². The largest absolute Gasteiger partial charge is 0.415 e. The van der Waals surface area contributed by atoms with Crippen molar-refractivity contribution in [3.8, 4) is 5.75 Å². The summed E-state index contributed by atoms with van der Waals surface area (Å²) in [6.07, 6.45) is -0.396. The highest BCUT2D eigenvalue weighted by Gasteiger charge is 2.36. The molecule has 3 heterocycles. The summed E-state index contributed by atoms with van der Waals surface area (Å²) < 4.78 is 6.03. The van der Waals surface area contributed by atoms with Crippen LogP contribution in [0.1, 0.15) is 49.6 Å². The molecule has 10 nitrogen and oxygen atoms in total. The Morgan fingerprint density at radius 2 is 1.60 bits per heavy atom. The number of carbonyl (C=O) groups excluding carboxylic acids is 4. The first-order chi connectivity index (χ1) is 23.2. The number of amides is 3. The van der Waals surface area contributed by atoms with E-state index >= 15 is 0 Å². The van der Waals surface area contributed by atoms with Gasteiger partial charge in [0.15, 0.2) is 5.78 Å². The minimum Gasteiger partial charge on any atom is -0.409 e. The normalized spacial score (nSPS) is 16.3. The fourth-order valence-electron chi connectivity index (χ4n) is 6.49. The maximum Gasteiger partial charge on any atom is 0.415 e. The highest BCUT2D eigenvalue weighted by molar-refractivity contribution is 9.09. The van der Waals surface area contributed by atoms with Crippen LogP contribution in [0.5, 0.6) is 5.75 Å². The third-order valence-electron chi connectivity index (χ3n) is 9.18. The van der Waals surface area contributed by atoms with Gasteiger partial charge < -0.3 is 29.7 Å². The number of carbonyl (C=O) groups is 4. The van der Waals surface area contributed by atoms with Gasteiger partial charge in [-0.25, -0.2) is 4.79 Å². The summed E-state index contributed by atoms with van der Waals surface area (Å²) in [5.41, 5.74) is 4.44. The second kappa shape index (κ2) is 12.9. The molecule has 2 aliphatic heterocycles. The van der Waals surface area contributed by atoms with Gasteiger partial charge in [0.25, 0.3) is 11.8 Å². The predicted octanol–water partition coefficient (Wildman–Crippen LogP) is 6.66. The Morgan fingerprint density at radius 1 is 0.896 bits per heavy atom. The van der Waals surface area contributed by atoms with Gasteiger partial charge in [0.1, 0.15) is 11.4 Å². The van der Waals surface area contributed by atoms with Gasteiger partial charge in [-0.1, -0.05) is 52.3 Å². The summed E-state index contributed by atoms with van der Waals surface area (Å²) in [6, 6.07) is 23.4. The van der Waals surface area contributed by atoms with Crippen LogP contribution in [0.25, 0.3) is 21.7 Å². The lowest BCUT2D eigenvalue weighted by atomic mass is 9.95. The number of ether oxygens (including phenoxy) is 1. The van der Waals surface area contributed by atoms with E-state index in [2.05, 4.69) is 31.1 Å². The SMILES string of the molecule is CC(=O)c1ccc(C(=O)Nc2ccc3[nH]c(C(=O)N4C[C@@H](CBr)c5c4cc(OC(=O)N4CCN(C)CC4)c4ccccc54)cc3c2)cc1. The number of ketones is 1. The van der Waals surface area contributed by atoms with Crippen molar-refractivity contribution in [3.05, 3.63) is 101 Å². The molecule has 1 saturated heterocycles. The van der Waals surface area contributed by atoms with Gasteiger partial charge in [-0.15, -0.1) is 0 Å². The number of nitrogens with one attached hydrogen (secondary N) is 2. The van der Waals surface area contributed by atoms with Crippen LogP contribution in [-0.4, -0.2) is 83.6 Å². The zero-order chi connectivity index (χ0) is 33.5. The molecule has 1 aromatic heterocycles. The number of rotatable bonds is 6. The number of benzene rings is 4. The van der Waals surface area contributed by atoms with Crippen molar-refractivity contribution >= 4 is 72.7 Å². The van der Waals surface area contributed by atoms with E-state index in [4.69, 9.17) is 4.74 Å². The number of piperazine rings is 1. The molecule has 3 amide bonds. The van der Waals surface area contributed by atoms with Crippen LogP contribution in [0, 0.1) is 0 Å². The molecule has 0 saturated carbocycles. The quantitative estimate of drug-likeness (QED) is 0.151. The molecule has 4 aromatic carbocycles. The lowest BCUT2D eigenvalue weighted by molar-refractivity contribution is 0.0982. The van der Waals surface area contributed by atoms with Crippen LogP contribution in [0.15, 0.2) is 78.9 Å². The van der Waals surface area contributed by atoms with Crippen LogP contribution in [-0.2, 0) is 0 Å². The van der Waals surface area contributed by atoms with Gasteiger partial charge in [0.2, 0.25) is 0 Å². The van der Waals surface area contributed by atoms with Crippen molar-refractivity contribution in [1.29, 1.82) is 0 Å². The molecule has 7 rings (SSSR count). The maximum atomic E-state index is 14.2. The average Bonchev–Trinajstić information content (AvgIpc) is 3.70. The summed E-state index contributed by atoms with van der Waals surface area (Å²) in [5.74, 6) is -0.120. The molecule has 11 heteroatoms. The highest BCUT2D eigenvalue weighted by atomic mass is 79.9. The van der Waals surface area contributed by atoms with Crippen molar-refractivity contribution in [1.82, 2.24) is 14.8 Å². The number of hydrogen-bond donors (Lipinski definition) is 2. The number of Topliss-reactive ketones (excluding diaryl/α,β-unsaturated/α-hetero) is 1. The highest BCUT2D eigenvalue weighted by Crippen LogP contribution is 2.46. The fraction of sp³-hybridized carbons (Fsp3) is 0.243. The molecule has 1 fully saturated rings. The molecule has 0 unspecified atom stereocenters. The molecular formula is C37H34BrN5O5. The molecule has 244 valence electrons. The van der Waals surface area contributed by atoms with Crippen molar-refractivity contribution in [3.63, 3.8) is 0 Å². The predicted molar refractivity (Wildman–Crippen MR) is 190 cm³/mol. The molecule has 0 radical (unpaired) electrons. The Labute approximate surface area is 285 Å². The van der Waals surface area contributed by atoms with Crippen molar-refractivity contribution < 1.29 is 23.9 Å². The van der Waals surface area contributed by atoms with E-state index in [-0.39, 0.29) is 23.5 Å². The fourth-order valence-corrected chi connectivity index (χ4v) is 7.02. The van der Waals surface area contributed by atoms with E-state index in [0.29, 0.717) is 58.9 Å². The lowest BCUT2D eigenvalue weighted by Gasteiger charge is -2.31. The summed E-state index contributed by atoms with van der Waals surface area (Å²) in [5, 5.41) is 6.09. The van der Waals surface area contributed by atoms with E-state index < -0.39 is 6.09 Å². The summed E-state index contributed by atoms with van der Waals surface area (Å²) in [4.78, 5) is 60.8. The number of likely N-dealkylation sites (N-methyl/N-ethyl adjacent to an activating group) is 1. The van der Waals surface area contributed by atoms with Gasteiger partial charge in [0, 0.05) is 83.1 Å². The first-order valence-electron chi connectivity index (χ1n) is 15.8. The number of aromatic amines is 1. The molecule has 2 aliphatic rings. The Hall–Kier alpha value is -5.00. The van der Waals surface area contributed by atoms with Gasteiger partial charge in [-0.3, -0.25) is 14.4 Å². The smallest absolute Gasteiger partial charge is 0.409 e. The van der Waals surface area contributed by atoms with E-state index in [0.717, 1.165) is 40.3 Å². The number of anilines is 2. The molecule has 0 bridgehead atoms. The molecule has 5 aromatic rings. The first kappa shape index (κ1) is 31.6. The second-order valence-electron chi connectivity index (χ2n) is 12.4. The van der Waals surface area contributed by atoms with Crippen molar-refractivity contribution in [2.75, 3.05) is 55.3 Å². The standard InChI is InChI=1S/C37H34BrN5O5/c1-22(44)23-7-9-24(10-8-23)35(45)39-27-11-12-30-25(17-27)18-31(40-30)36(46)43-21-26(20-38)34-29-6-4-3-5-28(29)33(19-32(34)43)48-37(47)42-15-13-41(2)14-16-42/h3-12,17-19,26,40H,13-16,20-21H2,1-2H3,(H,39,45)/t26-/m1/s1. The summed E-state index contributed by atoms with van der Waals surface area (Å²) >= 11 is 3.67. The van der Waals surface area contributed by atoms with Crippen LogP contribution in [0.2, 0.25) is 0 Å². The number of halogens is 1. The van der Waals surface area contributed by atoms with Crippen molar-refractivity contribution in [2.24, 2.45) is 0 Å².